The minimum Gasteiger partial charge on any atom is -0.378 e. The Morgan fingerprint density at radius 2 is 1.92 bits per heavy atom. The fourth-order valence-electron chi connectivity index (χ4n) is 1.81. The number of hydrogen-bond acceptors (Lipinski definition) is 3. The van der Waals surface area contributed by atoms with Gasteiger partial charge in [0.25, 0.3) is 0 Å². The zero-order chi connectivity index (χ0) is 8.39. The van der Waals surface area contributed by atoms with Gasteiger partial charge in [0.2, 0.25) is 0 Å². The summed E-state index contributed by atoms with van der Waals surface area (Å²) in [6.07, 6.45) is 2.58. The van der Waals surface area contributed by atoms with Crippen LogP contribution in [-0.4, -0.2) is 43.3 Å². The molecule has 2 rings (SSSR count). The molecule has 0 radical (unpaired) electrons. The Hall–Kier alpha value is 0.610. The third kappa shape index (κ3) is 1.92. The topological polar surface area (TPSA) is 24.5 Å². The van der Waals surface area contributed by atoms with E-state index in [-0.39, 0.29) is 0 Å². The molecule has 0 aliphatic carbocycles. The van der Waals surface area contributed by atoms with Crippen LogP contribution in [0.25, 0.3) is 0 Å². The zero-order valence-corrected chi connectivity index (χ0v) is 9.29. The average molecular weight is 282 g/mol. The highest BCUT2D eigenvalue weighted by Crippen LogP contribution is 2.17. The van der Waals surface area contributed by atoms with Crippen LogP contribution in [-0.2, 0) is 4.74 Å². The zero-order valence-electron chi connectivity index (χ0n) is 7.13. The first-order valence-electron chi connectivity index (χ1n) is 4.58. The van der Waals surface area contributed by atoms with Gasteiger partial charge < -0.3 is 4.74 Å². The number of nitrogens with zero attached hydrogens (tertiary/aromatic N) is 1. The first-order chi connectivity index (χ1) is 5.90. The van der Waals surface area contributed by atoms with E-state index in [1.165, 1.54) is 25.9 Å². The molecule has 0 spiro atoms. The minimum atomic E-state index is 0.736. The molecule has 1 N–H and O–H groups in total. The van der Waals surface area contributed by atoms with E-state index in [2.05, 4.69) is 31.3 Å². The maximum absolute atomic E-state index is 5.18. The number of ether oxygens (including phenoxy) is 1. The predicted molar refractivity (Wildman–Crippen MR) is 56.4 cm³/mol. The second-order valence-electron chi connectivity index (χ2n) is 3.61. The van der Waals surface area contributed by atoms with Crippen molar-refractivity contribution < 1.29 is 4.74 Å². The average Bonchev–Trinajstić information content (AvgIpc) is 2.03. The van der Waals surface area contributed by atoms with Gasteiger partial charge in [0.05, 0.1) is 19.3 Å². The largest absolute Gasteiger partial charge is 0.378 e. The van der Waals surface area contributed by atoms with E-state index < -0.39 is 0 Å². The van der Waals surface area contributed by atoms with E-state index in [0.29, 0.717) is 0 Å². The van der Waals surface area contributed by atoms with Gasteiger partial charge in [-0.05, 0) is 12.8 Å². The van der Waals surface area contributed by atoms with Gasteiger partial charge in [-0.25, -0.2) is 0 Å². The molecule has 12 heavy (non-hydrogen) atoms. The molecule has 0 aromatic heterocycles. The number of piperidine rings is 1. The molecule has 0 saturated carbocycles. The van der Waals surface area contributed by atoms with Crippen molar-refractivity contribution in [1.29, 1.82) is 0 Å². The molecule has 0 bridgehead atoms. The summed E-state index contributed by atoms with van der Waals surface area (Å²) in [6.45, 7) is 4.41. The summed E-state index contributed by atoms with van der Waals surface area (Å²) in [5, 5.41) is 0. The van der Waals surface area contributed by atoms with Gasteiger partial charge in [-0.3, -0.25) is 8.43 Å². The standard InChI is InChI=1S/C8H15IN2O/c9-10-7-1-3-11(4-2-7)8-5-12-6-8/h7-8,10H,1-6H2. The lowest BCUT2D eigenvalue weighted by Gasteiger charge is -2.41. The number of rotatable bonds is 2. The van der Waals surface area contributed by atoms with Crippen molar-refractivity contribution in [2.75, 3.05) is 26.3 Å². The van der Waals surface area contributed by atoms with Gasteiger partial charge in [-0.15, -0.1) is 0 Å². The minimum absolute atomic E-state index is 0.736. The Kier molecular flexibility index (Phi) is 3.22. The molecule has 2 aliphatic rings. The molecule has 0 atom stereocenters. The first-order valence-corrected chi connectivity index (χ1v) is 5.66. The lowest BCUT2D eigenvalue weighted by Crippen LogP contribution is -2.53. The maximum Gasteiger partial charge on any atom is 0.0645 e. The van der Waals surface area contributed by atoms with Crippen LogP contribution in [0.4, 0.5) is 0 Å². The van der Waals surface area contributed by atoms with E-state index in [1.807, 2.05) is 0 Å². The monoisotopic (exact) mass is 282 g/mol. The number of hydrogen-bond donors (Lipinski definition) is 1. The molecule has 2 saturated heterocycles. The van der Waals surface area contributed by atoms with E-state index in [0.717, 1.165) is 25.3 Å². The Morgan fingerprint density at radius 3 is 2.33 bits per heavy atom. The van der Waals surface area contributed by atoms with Crippen LogP contribution >= 0.6 is 22.9 Å². The quantitative estimate of drug-likeness (QED) is 0.598. The number of likely N-dealkylation sites (tertiary alicyclic amines) is 1. The lowest BCUT2D eigenvalue weighted by molar-refractivity contribution is -0.0712. The van der Waals surface area contributed by atoms with Crippen molar-refractivity contribution in [2.24, 2.45) is 0 Å². The highest BCUT2D eigenvalue weighted by atomic mass is 127. The lowest BCUT2D eigenvalue weighted by atomic mass is 10.0. The highest BCUT2D eigenvalue weighted by molar-refractivity contribution is 14.1. The Labute approximate surface area is 87.3 Å². The van der Waals surface area contributed by atoms with Crippen LogP contribution in [0.15, 0.2) is 0 Å². The Morgan fingerprint density at radius 1 is 1.25 bits per heavy atom. The molecule has 0 aromatic carbocycles. The summed E-state index contributed by atoms with van der Waals surface area (Å²) >= 11 is 2.26. The summed E-state index contributed by atoms with van der Waals surface area (Å²) in [6, 6.07) is 1.48. The number of halogens is 1. The van der Waals surface area contributed by atoms with Gasteiger partial charge in [0.15, 0.2) is 0 Å². The summed E-state index contributed by atoms with van der Waals surface area (Å²) < 4.78 is 8.49. The Bertz CT molecular complexity index is 144. The van der Waals surface area contributed by atoms with Crippen molar-refractivity contribution in [1.82, 2.24) is 8.43 Å². The third-order valence-corrected chi connectivity index (χ3v) is 3.70. The maximum atomic E-state index is 5.18. The van der Waals surface area contributed by atoms with Crippen LogP contribution in [0, 0.1) is 0 Å². The number of nitrogens with one attached hydrogen (secondary N) is 1. The van der Waals surface area contributed by atoms with E-state index >= 15 is 0 Å². The molecular weight excluding hydrogens is 267 g/mol. The van der Waals surface area contributed by atoms with Crippen molar-refractivity contribution in [3.63, 3.8) is 0 Å². The second-order valence-corrected chi connectivity index (χ2v) is 4.23. The molecule has 3 nitrogen and oxygen atoms in total. The summed E-state index contributed by atoms with van der Waals surface area (Å²) in [7, 11) is 0. The second kappa shape index (κ2) is 4.21. The van der Waals surface area contributed by atoms with Crippen molar-refractivity contribution in [3.8, 4) is 0 Å². The highest BCUT2D eigenvalue weighted by Gasteiger charge is 2.28. The summed E-state index contributed by atoms with van der Waals surface area (Å²) in [5.41, 5.74) is 0. The fourth-order valence-corrected chi connectivity index (χ4v) is 2.43. The van der Waals surface area contributed by atoms with E-state index in [9.17, 15) is 0 Å². The van der Waals surface area contributed by atoms with Crippen LogP contribution in [0.2, 0.25) is 0 Å². The van der Waals surface area contributed by atoms with Crippen LogP contribution < -0.4 is 3.53 Å². The van der Waals surface area contributed by atoms with Gasteiger partial charge >= 0.3 is 0 Å². The van der Waals surface area contributed by atoms with Crippen LogP contribution in [0.5, 0.6) is 0 Å². The molecular formula is C8H15IN2O. The molecule has 0 amide bonds. The van der Waals surface area contributed by atoms with Crippen molar-refractivity contribution in [3.05, 3.63) is 0 Å². The van der Waals surface area contributed by atoms with Crippen molar-refractivity contribution in [2.45, 2.75) is 24.9 Å². The molecule has 2 aliphatic heterocycles. The molecule has 0 aromatic rings. The van der Waals surface area contributed by atoms with Gasteiger partial charge in [-0.2, -0.15) is 0 Å². The molecule has 4 heteroatoms. The van der Waals surface area contributed by atoms with Crippen molar-refractivity contribution >= 4 is 22.9 Å². The first kappa shape index (κ1) is 9.18. The van der Waals surface area contributed by atoms with Gasteiger partial charge in [0.1, 0.15) is 0 Å². The summed E-state index contributed by atoms with van der Waals surface area (Å²) in [4.78, 5) is 2.56. The van der Waals surface area contributed by atoms with Gasteiger partial charge in [0, 0.05) is 42.0 Å². The molecule has 70 valence electrons. The fraction of sp³-hybridized carbons (Fsp3) is 1.00. The SMILES string of the molecule is INC1CCN(C2COC2)CC1. The molecule has 0 unspecified atom stereocenters. The Balaban J connectivity index is 1.74. The van der Waals surface area contributed by atoms with E-state index in [1.54, 1.807) is 0 Å². The van der Waals surface area contributed by atoms with Crippen LogP contribution in [0.1, 0.15) is 12.8 Å². The normalized spacial score (nSPS) is 28.8. The van der Waals surface area contributed by atoms with E-state index in [4.69, 9.17) is 4.74 Å². The summed E-state index contributed by atoms with van der Waals surface area (Å²) in [5.74, 6) is 0. The molecule has 2 heterocycles. The predicted octanol–water partition coefficient (Wildman–Crippen LogP) is 0.789. The molecule has 2 fully saturated rings. The van der Waals surface area contributed by atoms with Crippen LogP contribution in [0.3, 0.4) is 0 Å². The smallest absolute Gasteiger partial charge is 0.0645 e. The third-order valence-electron chi connectivity index (χ3n) is 2.82. The van der Waals surface area contributed by atoms with Gasteiger partial charge in [-0.1, -0.05) is 0 Å².